The van der Waals surface area contributed by atoms with Crippen LogP contribution in [0.4, 0.5) is 5.69 Å². The highest BCUT2D eigenvalue weighted by atomic mass is 32.2. The van der Waals surface area contributed by atoms with Crippen molar-refractivity contribution < 1.29 is 9.21 Å². The first kappa shape index (κ1) is 15.8. The maximum atomic E-state index is 12.8. The second-order valence-corrected chi connectivity index (χ2v) is 7.03. The van der Waals surface area contributed by atoms with Crippen molar-refractivity contribution in [1.29, 1.82) is 0 Å². The normalized spacial score (nSPS) is 14.4. The molecule has 2 aromatic heterocycles. The van der Waals surface area contributed by atoms with Gasteiger partial charge in [0.05, 0.1) is 5.25 Å². The lowest BCUT2D eigenvalue weighted by atomic mass is 10.2. The number of fused-ring (bicyclic) bond motifs is 1. The van der Waals surface area contributed by atoms with Crippen molar-refractivity contribution in [2.45, 2.75) is 23.8 Å². The highest BCUT2D eigenvalue weighted by Gasteiger charge is 2.29. The van der Waals surface area contributed by atoms with Gasteiger partial charge >= 0.3 is 0 Å². The number of benzene rings is 1. The third-order valence-electron chi connectivity index (χ3n) is 4.11. The summed E-state index contributed by atoms with van der Waals surface area (Å²) in [5.74, 6) is 0.481. The highest BCUT2D eigenvalue weighted by molar-refractivity contribution is 8.00. The summed E-state index contributed by atoms with van der Waals surface area (Å²) in [5.41, 5.74) is 3.02. The van der Waals surface area contributed by atoms with Gasteiger partial charge in [-0.3, -0.25) is 9.78 Å². The fourth-order valence-electron chi connectivity index (χ4n) is 2.86. The molecule has 0 radical (unpaired) electrons. The fourth-order valence-corrected chi connectivity index (χ4v) is 3.60. The van der Waals surface area contributed by atoms with Crippen LogP contribution in [0.25, 0.3) is 11.5 Å². The number of anilines is 1. The first-order valence-electron chi connectivity index (χ1n) is 8.02. The molecular weight excluding hydrogens is 336 g/mol. The van der Waals surface area contributed by atoms with Crippen LogP contribution in [0.2, 0.25) is 0 Å². The molecule has 6 nitrogen and oxygen atoms in total. The predicted molar refractivity (Wildman–Crippen MR) is 95.3 cm³/mol. The van der Waals surface area contributed by atoms with Crippen molar-refractivity contribution in [3.63, 3.8) is 0 Å². The molecule has 1 aliphatic heterocycles. The maximum Gasteiger partial charge on any atom is 0.277 e. The van der Waals surface area contributed by atoms with Gasteiger partial charge in [0.15, 0.2) is 0 Å². The van der Waals surface area contributed by atoms with E-state index in [1.54, 1.807) is 24.5 Å². The van der Waals surface area contributed by atoms with Crippen molar-refractivity contribution in [2.24, 2.45) is 0 Å². The Kier molecular flexibility index (Phi) is 4.23. The molecule has 1 amide bonds. The summed E-state index contributed by atoms with van der Waals surface area (Å²) < 4.78 is 5.66. The number of carbonyl (C=O) groups excluding carboxylic acids is 1. The number of pyridine rings is 1. The number of hydrogen-bond donors (Lipinski definition) is 0. The number of para-hydroxylation sites is 1. The van der Waals surface area contributed by atoms with Gasteiger partial charge in [-0.05, 0) is 37.1 Å². The molecule has 0 saturated carbocycles. The SMILES string of the molecule is C[C@@H](Sc1nnc(-c2ccncc2)o1)C(=O)N1CCc2ccccc21. The Morgan fingerprint density at radius 1 is 1.20 bits per heavy atom. The van der Waals surface area contributed by atoms with Crippen LogP contribution in [0.5, 0.6) is 0 Å². The molecule has 7 heteroatoms. The van der Waals surface area contributed by atoms with Crippen molar-refractivity contribution in [3.8, 4) is 11.5 Å². The molecule has 25 heavy (non-hydrogen) atoms. The predicted octanol–water partition coefficient (Wildman–Crippen LogP) is 3.20. The van der Waals surface area contributed by atoms with Gasteiger partial charge < -0.3 is 9.32 Å². The van der Waals surface area contributed by atoms with E-state index in [0.29, 0.717) is 11.1 Å². The zero-order valence-corrected chi connectivity index (χ0v) is 14.4. The van der Waals surface area contributed by atoms with E-state index in [1.165, 1.54) is 17.3 Å². The van der Waals surface area contributed by atoms with Gasteiger partial charge in [0.1, 0.15) is 0 Å². The third kappa shape index (κ3) is 3.15. The van der Waals surface area contributed by atoms with Crippen LogP contribution >= 0.6 is 11.8 Å². The van der Waals surface area contributed by atoms with Gasteiger partial charge in [0.25, 0.3) is 5.22 Å². The maximum absolute atomic E-state index is 12.8. The summed E-state index contributed by atoms with van der Waals surface area (Å²) in [6.07, 6.45) is 4.23. The third-order valence-corrected chi connectivity index (χ3v) is 5.03. The highest BCUT2D eigenvalue weighted by Crippen LogP contribution is 2.32. The Balaban J connectivity index is 1.47. The minimum absolute atomic E-state index is 0.0543. The van der Waals surface area contributed by atoms with E-state index in [2.05, 4.69) is 21.2 Å². The number of amides is 1. The van der Waals surface area contributed by atoms with Crippen molar-refractivity contribution in [2.75, 3.05) is 11.4 Å². The average Bonchev–Trinajstić information content (AvgIpc) is 3.29. The van der Waals surface area contributed by atoms with E-state index in [1.807, 2.05) is 30.0 Å². The van der Waals surface area contributed by atoms with Crippen LogP contribution in [-0.4, -0.2) is 32.9 Å². The number of aromatic nitrogens is 3. The first-order chi connectivity index (χ1) is 12.2. The van der Waals surface area contributed by atoms with Crippen molar-refractivity contribution in [1.82, 2.24) is 15.2 Å². The molecule has 4 rings (SSSR count). The molecule has 126 valence electrons. The van der Waals surface area contributed by atoms with Crippen molar-refractivity contribution >= 4 is 23.4 Å². The Morgan fingerprint density at radius 3 is 2.84 bits per heavy atom. The van der Waals surface area contributed by atoms with Crippen LogP contribution in [0, 0.1) is 0 Å². The van der Waals surface area contributed by atoms with Gasteiger partial charge in [-0.15, -0.1) is 10.2 Å². The van der Waals surface area contributed by atoms with Crippen LogP contribution in [0.3, 0.4) is 0 Å². The zero-order chi connectivity index (χ0) is 17.2. The Morgan fingerprint density at radius 2 is 2.00 bits per heavy atom. The lowest BCUT2D eigenvalue weighted by molar-refractivity contribution is -0.117. The van der Waals surface area contributed by atoms with Gasteiger partial charge in [0.2, 0.25) is 11.8 Å². The molecular formula is C18H16N4O2S. The van der Waals surface area contributed by atoms with Gasteiger partial charge in [0, 0.05) is 30.2 Å². The summed E-state index contributed by atoms with van der Waals surface area (Å²) in [6.45, 7) is 2.58. The topological polar surface area (TPSA) is 72.1 Å². The number of carbonyl (C=O) groups is 1. The van der Waals surface area contributed by atoms with Gasteiger partial charge in [-0.2, -0.15) is 0 Å². The average molecular weight is 352 g/mol. The molecule has 0 aliphatic carbocycles. The largest absolute Gasteiger partial charge is 0.411 e. The summed E-state index contributed by atoms with van der Waals surface area (Å²) in [7, 11) is 0. The van der Waals surface area contributed by atoms with Gasteiger partial charge in [-0.25, -0.2) is 0 Å². The molecule has 3 heterocycles. The van der Waals surface area contributed by atoms with E-state index < -0.39 is 0 Å². The molecule has 0 bridgehead atoms. The summed E-state index contributed by atoms with van der Waals surface area (Å²) >= 11 is 1.28. The second-order valence-electron chi connectivity index (χ2n) is 5.74. The quantitative estimate of drug-likeness (QED) is 0.672. The minimum Gasteiger partial charge on any atom is -0.411 e. The number of hydrogen-bond acceptors (Lipinski definition) is 6. The lowest BCUT2D eigenvalue weighted by Crippen LogP contribution is -2.35. The molecule has 0 unspecified atom stereocenters. The first-order valence-corrected chi connectivity index (χ1v) is 8.90. The second kappa shape index (κ2) is 6.68. The molecule has 1 aromatic carbocycles. The lowest BCUT2D eigenvalue weighted by Gasteiger charge is -2.20. The van der Waals surface area contributed by atoms with Crippen LogP contribution in [0.1, 0.15) is 12.5 Å². The zero-order valence-electron chi connectivity index (χ0n) is 13.6. The Bertz CT molecular complexity index is 897. The molecule has 1 atom stereocenters. The van der Waals surface area contributed by atoms with E-state index in [4.69, 9.17) is 4.42 Å². The van der Waals surface area contributed by atoms with Crippen LogP contribution in [0.15, 0.2) is 58.4 Å². The number of nitrogens with zero attached hydrogens (tertiary/aromatic N) is 4. The van der Waals surface area contributed by atoms with Crippen LogP contribution in [-0.2, 0) is 11.2 Å². The summed E-state index contributed by atoms with van der Waals surface area (Å²) in [6, 6.07) is 11.6. The Hall–Kier alpha value is -2.67. The minimum atomic E-state index is -0.308. The summed E-state index contributed by atoms with van der Waals surface area (Å²) in [5, 5.41) is 8.16. The van der Waals surface area contributed by atoms with Crippen LogP contribution < -0.4 is 4.90 Å². The molecule has 0 fully saturated rings. The fraction of sp³-hybridized carbons (Fsp3) is 0.222. The molecule has 0 saturated heterocycles. The molecule has 1 aliphatic rings. The number of rotatable bonds is 4. The molecule has 0 N–H and O–H groups in total. The van der Waals surface area contributed by atoms with E-state index in [9.17, 15) is 4.79 Å². The van der Waals surface area contributed by atoms with E-state index >= 15 is 0 Å². The smallest absolute Gasteiger partial charge is 0.277 e. The Labute approximate surface area is 149 Å². The van der Waals surface area contributed by atoms with Gasteiger partial charge in [-0.1, -0.05) is 30.0 Å². The standard InChI is InChI=1S/C18H16N4O2S/c1-12(17(23)22-11-8-13-4-2-3-5-15(13)22)25-18-21-20-16(24-18)14-6-9-19-10-7-14/h2-7,9-10,12H,8,11H2,1H3/t12-/m1/s1. The van der Waals surface area contributed by atoms with Crippen molar-refractivity contribution in [3.05, 3.63) is 54.4 Å². The monoisotopic (exact) mass is 352 g/mol. The van der Waals surface area contributed by atoms with E-state index in [-0.39, 0.29) is 11.2 Å². The number of thioether (sulfide) groups is 1. The van der Waals surface area contributed by atoms with E-state index in [0.717, 1.165) is 24.2 Å². The molecule has 3 aromatic rings. The summed E-state index contributed by atoms with van der Waals surface area (Å²) in [4.78, 5) is 18.6. The molecule has 0 spiro atoms.